The summed E-state index contributed by atoms with van der Waals surface area (Å²) in [5, 5.41) is 2.89. The van der Waals surface area contributed by atoms with Crippen LogP contribution in [-0.2, 0) is 0 Å². The maximum absolute atomic E-state index is 12.4. The van der Waals surface area contributed by atoms with Gasteiger partial charge in [-0.15, -0.1) is 11.8 Å². The van der Waals surface area contributed by atoms with Crippen molar-refractivity contribution >= 4 is 29.1 Å². The van der Waals surface area contributed by atoms with E-state index in [1.54, 1.807) is 30.0 Å². The normalized spacial score (nSPS) is 13.7. The molecule has 2 aromatic carbocycles. The van der Waals surface area contributed by atoms with Gasteiger partial charge < -0.3 is 5.32 Å². The first kappa shape index (κ1) is 13.9. The van der Waals surface area contributed by atoms with Gasteiger partial charge in [0.05, 0.1) is 5.56 Å². The molecule has 1 aliphatic rings. The Morgan fingerprint density at radius 2 is 1.90 bits per heavy atom. The predicted molar refractivity (Wildman–Crippen MR) is 85.2 cm³/mol. The minimum Gasteiger partial charge on any atom is -0.322 e. The van der Waals surface area contributed by atoms with Crippen molar-refractivity contribution in [2.45, 2.75) is 18.2 Å². The number of anilines is 1. The molecule has 0 saturated carbocycles. The summed E-state index contributed by atoms with van der Waals surface area (Å²) >= 11 is 1.58. The van der Waals surface area contributed by atoms with E-state index in [4.69, 9.17) is 0 Å². The fourth-order valence-electron chi connectivity index (χ4n) is 2.31. The van der Waals surface area contributed by atoms with Crippen LogP contribution in [0.5, 0.6) is 0 Å². The van der Waals surface area contributed by atoms with E-state index < -0.39 is 0 Å². The van der Waals surface area contributed by atoms with Crippen molar-refractivity contribution in [2.24, 2.45) is 0 Å². The number of carbonyl (C=O) groups excluding carboxylic acids is 2. The van der Waals surface area contributed by atoms with Gasteiger partial charge in [-0.2, -0.15) is 0 Å². The molecule has 1 heterocycles. The fraction of sp³-hybridized carbons (Fsp3) is 0.176. The molecule has 106 valence electrons. The average molecular weight is 297 g/mol. The number of thioether (sulfide) groups is 1. The molecule has 1 aliphatic heterocycles. The van der Waals surface area contributed by atoms with Gasteiger partial charge in [0.15, 0.2) is 5.78 Å². The molecule has 21 heavy (non-hydrogen) atoms. The minimum atomic E-state index is -0.169. The van der Waals surface area contributed by atoms with Gasteiger partial charge in [0.2, 0.25) is 0 Å². The first-order chi connectivity index (χ1) is 10.1. The standard InChI is InChI=1S/C17H15NO2S/c1-11-5-7-12(8-6-11)18-17(20)14-4-2-3-13-15(19)9-10-21-16(13)14/h2-8H,9-10H2,1H3,(H,18,20). The summed E-state index contributed by atoms with van der Waals surface area (Å²) in [6.45, 7) is 2.00. The van der Waals surface area contributed by atoms with Gasteiger partial charge >= 0.3 is 0 Å². The van der Waals surface area contributed by atoms with Crippen molar-refractivity contribution in [2.75, 3.05) is 11.1 Å². The van der Waals surface area contributed by atoms with E-state index in [0.29, 0.717) is 17.5 Å². The Hall–Kier alpha value is -2.07. The molecule has 0 aromatic heterocycles. The van der Waals surface area contributed by atoms with Gasteiger partial charge in [-0.1, -0.05) is 29.8 Å². The van der Waals surface area contributed by atoms with Gasteiger partial charge in [-0.05, 0) is 25.1 Å². The van der Waals surface area contributed by atoms with Crippen molar-refractivity contribution in [1.82, 2.24) is 0 Å². The maximum atomic E-state index is 12.4. The van der Waals surface area contributed by atoms with Crippen LogP contribution in [0.2, 0.25) is 0 Å². The second kappa shape index (κ2) is 5.74. The third-order valence-corrected chi connectivity index (χ3v) is 4.58. The zero-order valence-electron chi connectivity index (χ0n) is 11.7. The highest BCUT2D eigenvalue weighted by atomic mass is 32.2. The topological polar surface area (TPSA) is 46.2 Å². The number of hydrogen-bond donors (Lipinski definition) is 1. The van der Waals surface area contributed by atoms with Gasteiger partial charge in [0.25, 0.3) is 5.91 Å². The third-order valence-electron chi connectivity index (χ3n) is 3.45. The third kappa shape index (κ3) is 2.85. The Bertz CT molecular complexity index is 707. The molecule has 0 aliphatic carbocycles. The average Bonchev–Trinajstić information content (AvgIpc) is 2.49. The molecule has 1 amide bonds. The van der Waals surface area contributed by atoms with E-state index in [1.165, 1.54) is 0 Å². The van der Waals surface area contributed by atoms with Crippen LogP contribution in [0.1, 0.15) is 32.7 Å². The van der Waals surface area contributed by atoms with Gasteiger partial charge in [0, 0.05) is 28.3 Å². The van der Waals surface area contributed by atoms with Crippen LogP contribution < -0.4 is 5.32 Å². The lowest BCUT2D eigenvalue weighted by Gasteiger charge is -2.17. The summed E-state index contributed by atoms with van der Waals surface area (Å²) < 4.78 is 0. The van der Waals surface area contributed by atoms with Crippen molar-refractivity contribution < 1.29 is 9.59 Å². The van der Waals surface area contributed by atoms with Crippen molar-refractivity contribution in [3.05, 3.63) is 59.2 Å². The number of nitrogens with one attached hydrogen (secondary N) is 1. The SMILES string of the molecule is Cc1ccc(NC(=O)c2cccc3c2SCCC3=O)cc1. The van der Waals surface area contributed by atoms with E-state index in [-0.39, 0.29) is 11.7 Å². The molecule has 0 radical (unpaired) electrons. The number of carbonyl (C=O) groups is 2. The summed E-state index contributed by atoms with van der Waals surface area (Å²) in [6.07, 6.45) is 0.542. The largest absolute Gasteiger partial charge is 0.322 e. The number of fused-ring (bicyclic) bond motifs is 1. The molecule has 0 unspecified atom stereocenters. The van der Waals surface area contributed by atoms with Crippen molar-refractivity contribution in [3.63, 3.8) is 0 Å². The zero-order chi connectivity index (χ0) is 14.8. The summed E-state index contributed by atoms with van der Waals surface area (Å²) in [4.78, 5) is 25.2. The highest BCUT2D eigenvalue weighted by Gasteiger charge is 2.23. The predicted octanol–water partition coefficient (Wildman–Crippen LogP) is 3.93. The molecule has 0 atom stereocenters. The number of Topliss-reactive ketones (excluding diaryl/α,β-unsaturated/α-hetero) is 1. The number of hydrogen-bond acceptors (Lipinski definition) is 3. The second-order valence-corrected chi connectivity index (χ2v) is 6.13. The molecule has 0 fully saturated rings. The summed E-state index contributed by atoms with van der Waals surface area (Å²) in [7, 11) is 0. The molecule has 3 rings (SSSR count). The molecular formula is C17H15NO2S. The fourth-order valence-corrected chi connectivity index (χ4v) is 3.45. The molecule has 0 spiro atoms. The number of rotatable bonds is 2. The van der Waals surface area contributed by atoms with E-state index in [1.807, 2.05) is 31.2 Å². The maximum Gasteiger partial charge on any atom is 0.256 e. The van der Waals surface area contributed by atoms with E-state index in [2.05, 4.69) is 5.32 Å². The summed E-state index contributed by atoms with van der Waals surface area (Å²) in [5.41, 5.74) is 3.15. The smallest absolute Gasteiger partial charge is 0.256 e. The summed E-state index contributed by atoms with van der Waals surface area (Å²) in [6, 6.07) is 13.0. The highest BCUT2D eigenvalue weighted by molar-refractivity contribution is 7.99. The van der Waals surface area contributed by atoms with Crippen LogP contribution in [0.4, 0.5) is 5.69 Å². The Labute approximate surface area is 127 Å². The van der Waals surface area contributed by atoms with Crippen LogP contribution in [0.15, 0.2) is 47.4 Å². The van der Waals surface area contributed by atoms with Gasteiger partial charge in [-0.25, -0.2) is 0 Å². The van der Waals surface area contributed by atoms with Gasteiger partial charge in [0.1, 0.15) is 0 Å². The number of amides is 1. The number of ketones is 1. The quantitative estimate of drug-likeness (QED) is 0.913. The lowest BCUT2D eigenvalue weighted by molar-refractivity contribution is 0.0984. The van der Waals surface area contributed by atoms with Gasteiger partial charge in [-0.3, -0.25) is 9.59 Å². The monoisotopic (exact) mass is 297 g/mol. The van der Waals surface area contributed by atoms with Crippen LogP contribution in [0.25, 0.3) is 0 Å². The lowest BCUT2D eigenvalue weighted by Crippen LogP contribution is -2.17. The van der Waals surface area contributed by atoms with Crippen LogP contribution in [0.3, 0.4) is 0 Å². The molecule has 1 N–H and O–H groups in total. The Morgan fingerprint density at radius 3 is 2.67 bits per heavy atom. The Balaban J connectivity index is 1.90. The highest BCUT2D eigenvalue weighted by Crippen LogP contribution is 2.33. The van der Waals surface area contributed by atoms with E-state index in [9.17, 15) is 9.59 Å². The van der Waals surface area contributed by atoms with Crippen LogP contribution in [0, 0.1) is 6.92 Å². The number of aryl methyl sites for hydroxylation is 1. The Morgan fingerprint density at radius 1 is 1.14 bits per heavy atom. The molecule has 2 aromatic rings. The molecule has 0 bridgehead atoms. The number of benzene rings is 2. The first-order valence-electron chi connectivity index (χ1n) is 6.82. The molecule has 0 saturated heterocycles. The lowest BCUT2D eigenvalue weighted by atomic mass is 10.0. The van der Waals surface area contributed by atoms with Crippen LogP contribution >= 0.6 is 11.8 Å². The minimum absolute atomic E-state index is 0.119. The first-order valence-corrected chi connectivity index (χ1v) is 7.81. The molecular weight excluding hydrogens is 282 g/mol. The molecule has 4 heteroatoms. The molecule has 3 nitrogen and oxygen atoms in total. The van der Waals surface area contributed by atoms with E-state index in [0.717, 1.165) is 21.9 Å². The zero-order valence-corrected chi connectivity index (χ0v) is 12.5. The Kier molecular flexibility index (Phi) is 3.80. The van der Waals surface area contributed by atoms with E-state index >= 15 is 0 Å². The second-order valence-electron chi connectivity index (χ2n) is 5.02. The van der Waals surface area contributed by atoms with Crippen LogP contribution in [-0.4, -0.2) is 17.4 Å². The summed E-state index contributed by atoms with van der Waals surface area (Å²) in [5.74, 6) is 0.687. The van der Waals surface area contributed by atoms with Crippen molar-refractivity contribution in [1.29, 1.82) is 0 Å². The van der Waals surface area contributed by atoms with Crippen molar-refractivity contribution in [3.8, 4) is 0 Å².